The van der Waals surface area contributed by atoms with Crippen LogP contribution in [0.15, 0.2) is 66.6 Å². The van der Waals surface area contributed by atoms with Crippen LogP contribution in [0.5, 0.6) is 11.5 Å². The van der Waals surface area contributed by atoms with E-state index in [1.807, 2.05) is 42.9 Å². The lowest BCUT2D eigenvalue weighted by molar-refractivity contribution is 0.101. The van der Waals surface area contributed by atoms with E-state index in [9.17, 15) is 4.79 Å². The number of allylic oxidation sites excluding steroid dienone is 1. The van der Waals surface area contributed by atoms with Crippen molar-refractivity contribution in [3.05, 3.63) is 77.7 Å². The molecule has 1 aromatic heterocycles. The van der Waals surface area contributed by atoms with Crippen LogP contribution in [0.25, 0.3) is 17.0 Å². The molecule has 0 atom stereocenters. The Morgan fingerprint density at radius 3 is 2.88 bits per heavy atom. The standard InChI is InChI=1S/C22H19NO3/c1-14(2)13-25-16-8-9-18-20(11-16)26-21(22(18)24)10-15-12-23(3)19-7-5-4-6-17(15)19/h4-12H,1,13H2,2-3H3. The average Bonchev–Trinajstić information content (AvgIpc) is 3.11. The Labute approximate surface area is 152 Å². The van der Waals surface area contributed by atoms with Crippen LogP contribution < -0.4 is 9.47 Å². The van der Waals surface area contributed by atoms with Gasteiger partial charge in [-0.25, -0.2) is 0 Å². The Kier molecular flexibility index (Phi) is 3.88. The van der Waals surface area contributed by atoms with Crippen LogP contribution in [0.3, 0.4) is 0 Å². The third-order valence-electron chi connectivity index (χ3n) is 4.34. The largest absolute Gasteiger partial charge is 0.489 e. The molecule has 1 aliphatic rings. The third-order valence-corrected chi connectivity index (χ3v) is 4.34. The number of fused-ring (bicyclic) bond motifs is 2. The molecule has 130 valence electrons. The monoisotopic (exact) mass is 345 g/mol. The minimum absolute atomic E-state index is 0.112. The summed E-state index contributed by atoms with van der Waals surface area (Å²) >= 11 is 0. The number of ether oxygens (including phenoxy) is 2. The molecule has 4 heteroatoms. The van der Waals surface area contributed by atoms with Crippen molar-refractivity contribution in [1.82, 2.24) is 4.57 Å². The van der Waals surface area contributed by atoms with Crippen molar-refractivity contribution in [1.29, 1.82) is 0 Å². The lowest BCUT2D eigenvalue weighted by Crippen LogP contribution is -1.98. The summed E-state index contributed by atoms with van der Waals surface area (Å²) in [6.07, 6.45) is 3.80. The number of nitrogens with zero attached hydrogens (tertiary/aromatic N) is 1. The molecule has 0 spiro atoms. The van der Waals surface area contributed by atoms with E-state index in [1.165, 1.54) is 0 Å². The van der Waals surface area contributed by atoms with Gasteiger partial charge in [0.15, 0.2) is 5.76 Å². The first kappa shape index (κ1) is 16.2. The minimum Gasteiger partial charge on any atom is -0.489 e. The number of para-hydroxylation sites is 1. The number of Topliss-reactive ketones (excluding diaryl/α,β-unsaturated/α-hetero) is 1. The van der Waals surface area contributed by atoms with Crippen molar-refractivity contribution in [2.75, 3.05) is 6.61 Å². The van der Waals surface area contributed by atoms with Crippen LogP contribution in [-0.2, 0) is 7.05 Å². The van der Waals surface area contributed by atoms with Crippen LogP contribution in [0.1, 0.15) is 22.8 Å². The smallest absolute Gasteiger partial charge is 0.231 e. The molecule has 4 rings (SSSR count). The van der Waals surface area contributed by atoms with Crippen LogP contribution in [0.2, 0.25) is 0 Å². The molecule has 0 fully saturated rings. The third kappa shape index (κ3) is 2.80. The zero-order valence-electron chi connectivity index (χ0n) is 14.8. The van der Waals surface area contributed by atoms with Gasteiger partial charge in [-0.2, -0.15) is 0 Å². The van der Waals surface area contributed by atoms with Crippen molar-refractivity contribution in [2.45, 2.75) is 6.92 Å². The summed E-state index contributed by atoms with van der Waals surface area (Å²) < 4.78 is 13.5. The number of hydrogen-bond acceptors (Lipinski definition) is 3. The van der Waals surface area contributed by atoms with Gasteiger partial charge in [-0.05, 0) is 36.8 Å². The molecule has 0 radical (unpaired) electrons. The first-order valence-corrected chi connectivity index (χ1v) is 8.42. The Bertz CT molecular complexity index is 1070. The summed E-state index contributed by atoms with van der Waals surface area (Å²) in [5.41, 5.74) is 3.55. The van der Waals surface area contributed by atoms with E-state index in [2.05, 4.69) is 12.6 Å². The zero-order chi connectivity index (χ0) is 18.3. The highest BCUT2D eigenvalue weighted by molar-refractivity contribution is 6.15. The van der Waals surface area contributed by atoms with Crippen molar-refractivity contribution < 1.29 is 14.3 Å². The van der Waals surface area contributed by atoms with Gasteiger partial charge in [0.1, 0.15) is 18.1 Å². The molecule has 0 saturated heterocycles. The second kappa shape index (κ2) is 6.23. The molecule has 4 nitrogen and oxygen atoms in total. The molecule has 0 saturated carbocycles. The molecule has 2 aromatic carbocycles. The maximum Gasteiger partial charge on any atom is 0.231 e. The van der Waals surface area contributed by atoms with Gasteiger partial charge in [-0.1, -0.05) is 24.8 Å². The van der Waals surface area contributed by atoms with Crippen molar-refractivity contribution >= 4 is 22.8 Å². The molecular weight excluding hydrogens is 326 g/mol. The van der Waals surface area contributed by atoms with E-state index in [0.29, 0.717) is 29.4 Å². The van der Waals surface area contributed by atoms with Gasteiger partial charge < -0.3 is 14.0 Å². The van der Waals surface area contributed by atoms with Crippen molar-refractivity contribution in [3.8, 4) is 11.5 Å². The molecule has 2 heterocycles. The molecule has 0 amide bonds. The van der Waals surface area contributed by atoms with Gasteiger partial charge in [-0.3, -0.25) is 4.79 Å². The number of carbonyl (C=O) groups is 1. The molecule has 0 N–H and O–H groups in total. The van der Waals surface area contributed by atoms with Gasteiger partial charge in [0.05, 0.1) is 5.56 Å². The van der Waals surface area contributed by atoms with Gasteiger partial charge in [-0.15, -0.1) is 0 Å². The average molecular weight is 345 g/mol. The Hall–Kier alpha value is -3.27. The van der Waals surface area contributed by atoms with Crippen LogP contribution >= 0.6 is 0 Å². The van der Waals surface area contributed by atoms with E-state index < -0.39 is 0 Å². The summed E-state index contributed by atoms with van der Waals surface area (Å²) in [6, 6.07) is 13.4. The Morgan fingerprint density at radius 2 is 2.08 bits per heavy atom. The number of hydrogen-bond donors (Lipinski definition) is 0. The number of benzene rings is 2. The normalized spacial score (nSPS) is 14.5. The fraction of sp³-hybridized carbons (Fsp3) is 0.136. The van der Waals surface area contributed by atoms with Crippen LogP contribution in [0, 0.1) is 0 Å². The van der Waals surface area contributed by atoms with Gasteiger partial charge in [0, 0.05) is 35.8 Å². The lowest BCUT2D eigenvalue weighted by atomic mass is 10.1. The molecule has 1 aliphatic heterocycles. The summed E-state index contributed by atoms with van der Waals surface area (Å²) in [5, 5.41) is 1.08. The summed E-state index contributed by atoms with van der Waals surface area (Å²) in [4.78, 5) is 12.7. The van der Waals surface area contributed by atoms with Crippen LogP contribution in [0.4, 0.5) is 0 Å². The van der Waals surface area contributed by atoms with E-state index >= 15 is 0 Å². The van der Waals surface area contributed by atoms with Crippen LogP contribution in [-0.4, -0.2) is 17.0 Å². The second-order valence-corrected chi connectivity index (χ2v) is 6.56. The minimum atomic E-state index is -0.112. The SMILES string of the molecule is C=C(C)COc1ccc2c(c1)OC(=Cc1cn(C)c3ccccc13)C2=O. The predicted molar refractivity (Wildman–Crippen MR) is 103 cm³/mol. The van der Waals surface area contributed by atoms with Gasteiger partial charge >= 0.3 is 0 Å². The maximum atomic E-state index is 12.7. The topological polar surface area (TPSA) is 40.5 Å². The summed E-state index contributed by atoms with van der Waals surface area (Å²) in [7, 11) is 1.99. The van der Waals surface area contributed by atoms with E-state index in [1.54, 1.807) is 24.3 Å². The lowest BCUT2D eigenvalue weighted by Gasteiger charge is -2.06. The number of carbonyl (C=O) groups excluding carboxylic acids is 1. The Balaban J connectivity index is 1.67. The molecule has 3 aromatic rings. The fourth-order valence-corrected chi connectivity index (χ4v) is 3.09. The van der Waals surface area contributed by atoms with Gasteiger partial charge in [0.2, 0.25) is 5.78 Å². The van der Waals surface area contributed by atoms with E-state index in [4.69, 9.17) is 9.47 Å². The van der Waals surface area contributed by atoms with Crippen molar-refractivity contribution in [3.63, 3.8) is 0 Å². The number of aromatic nitrogens is 1. The zero-order valence-corrected chi connectivity index (χ0v) is 14.8. The highest BCUT2D eigenvalue weighted by atomic mass is 16.5. The number of aryl methyl sites for hydroxylation is 1. The number of rotatable bonds is 4. The fourth-order valence-electron chi connectivity index (χ4n) is 3.09. The first-order valence-electron chi connectivity index (χ1n) is 8.42. The van der Waals surface area contributed by atoms with E-state index in [-0.39, 0.29) is 5.78 Å². The molecule has 0 aliphatic carbocycles. The second-order valence-electron chi connectivity index (χ2n) is 6.56. The maximum absolute atomic E-state index is 12.7. The highest BCUT2D eigenvalue weighted by Crippen LogP contribution is 2.35. The Morgan fingerprint density at radius 1 is 1.27 bits per heavy atom. The van der Waals surface area contributed by atoms with E-state index in [0.717, 1.165) is 22.0 Å². The van der Waals surface area contributed by atoms with Gasteiger partial charge in [0.25, 0.3) is 0 Å². The van der Waals surface area contributed by atoms with Crippen molar-refractivity contribution in [2.24, 2.45) is 7.05 Å². The first-order chi connectivity index (χ1) is 12.5. The molecule has 0 bridgehead atoms. The highest BCUT2D eigenvalue weighted by Gasteiger charge is 2.28. The molecular formula is C22H19NO3. The predicted octanol–water partition coefficient (Wildman–Crippen LogP) is 4.75. The summed E-state index contributed by atoms with van der Waals surface area (Å²) in [5.74, 6) is 1.40. The number of ketones is 1. The molecule has 26 heavy (non-hydrogen) atoms. The summed E-state index contributed by atoms with van der Waals surface area (Å²) in [6.45, 7) is 6.16. The molecule has 0 unspecified atom stereocenters. The quantitative estimate of drug-likeness (QED) is 0.506.